The highest BCUT2D eigenvalue weighted by atomic mass is 16.6. The first-order valence-corrected chi connectivity index (χ1v) is 10.9. The molecule has 2 unspecified atom stereocenters. The van der Waals surface area contributed by atoms with Crippen molar-refractivity contribution < 1.29 is 14.3 Å². The third-order valence-electron chi connectivity index (χ3n) is 5.81. The van der Waals surface area contributed by atoms with E-state index in [-0.39, 0.29) is 5.91 Å². The minimum Gasteiger partial charge on any atom is -0.444 e. The summed E-state index contributed by atoms with van der Waals surface area (Å²) in [7, 11) is 0. The van der Waals surface area contributed by atoms with Gasteiger partial charge >= 0.3 is 6.09 Å². The van der Waals surface area contributed by atoms with Crippen molar-refractivity contribution in [3.63, 3.8) is 0 Å². The number of nitrogens with one attached hydrogen (secondary N) is 2. The third-order valence-corrected chi connectivity index (χ3v) is 5.81. The number of carbonyl (C=O) groups is 2. The molecule has 2 atom stereocenters. The summed E-state index contributed by atoms with van der Waals surface area (Å²) >= 11 is 0. The van der Waals surface area contributed by atoms with Crippen molar-refractivity contribution in [3.8, 4) is 0 Å². The number of hydrogen-bond donors (Lipinski definition) is 2. The Bertz CT molecular complexity index is 694. The average Bonchev–Trinajstić information content (AvgIpc) is 2.69. The first-order chi connectivity index (χ1) is 13.8. The summed E-state index contributed by atoms with van der Waals surface area (Å²) in [6.45, 7) is 9.05. The van der Waals surface area contributed by atoms with Crippen molar-refractivity contribution in [2.45, 2.75) is 71.1 Å². The molecule has 1 aromatic rings. The number of amides is 2. The first-order valence-electron chi connectivity index (χ1n) is 10.9. The topological polar surface area (TPSA) is 70.7 Å². The van der Waals surface area contributed by atoms with Gasteiger partial charge in [-0.15, -0.1) is 0 Å². The number of piperidine rings is 2. The van der Waals surface area contributed by atoms with Gasteiger partial charge in [-0.1, -0.05) is 18.6 Å². The van der Waals surface area contributed by atoms with Crippen LogP contribution < -0.4 is 10.6 Å². The Kier molecular flexibility index (Phi) is 7.17. The number of carbonyl (C=O) groups excluding carboxylic acids is 2. The molecule has 2 heterocycles. The van der Waals surface area contributed by atoms with Gasteiger partial charge in [0.1, 0.15) is 5.60 Å². The van der Waals surface area contributed by atoms with Crippen LogP contribution in [0.4, 0.5) is 4.79 Å². The first kappa shape index (κ1) is 21.6. The fraction of sp³-hybridized carbons (Fsp3) is 0.652. The zero-order valence-electron chi connectivity index (χ0n) is 18.0. The zero-order chi connectivity index (χ0) is 20.9. The number of rotatable bonds is 5. The van der Waals surface area contributed by atoms with E-state index in [1.54, 1.807) is 0 Å². The number of benzene rings is 1. The number of hydrogen-bond acceptors (Lipinski definition) is 4. The standard InChI is InChI=1S/C23H35N3O3/c1-23(2,3)29-22(28)25-15-17-9-11-18(12-10-17)21(27)24-16-19-7-6-14-26-13-5-4-8-20(19)26/h9-12,19-20H,4-8,13-16H2,1-3H3,(H,24,27)(H,25,28). The molecule has 6 nitrogen and oxygen atoms in total. The molecule has 2 fully saturated rings. The molecule has 6 heteroatoms. The smallest absolute Gasteiger partial charge is 0.407 e. The lowest BCUT2D eigenvalue weighted by molar-refractivity contribution is 0.0523. The van der Waals surface area contributed by atoms with Gasteiger partial charge in [-0.05, 0) is 83.2 Å². The van der Waals surface area contributed by atoms with Crippen molar-refractivity contribution in [2.24, 2.45) is 5.92 Å². The molecule has 0 aliphatic carbocycles. The maximum absolute atomic E-state index is 12.6. The number of ether oxygens (including phenoxy) is 1. The van der Waals surface area contributed by atoms with Crippen molar-refractivity contribution in [3.05, 3.63) is 35.4 Å². The molecule has 0 aromatic heterocycles. The lowest BCUT2D eigenvalue weighted by atomic mass is 9.83. The van der Waals surface area contributed by atoms with Crippen LogP contribution in [0.15, 0.2) is 24.3 Å². The molecular weight excluding hydrogens is 366 g/mol. The number of fused-ring (bicyclic) bond motifs is 1. The quantitative estimate of drug-likeness (QED) is 0.789. The lowest BCUT2D eigenvalue weighted by Crippen LogP contribution is -2.51. The maximum atomic E-state index is 12.6. The van der Waals surface area contributed by atoms with E-state index in [9.17, 15) is 9.59 Å². The molecule has 0 bridgehead atoms. The van der Waals surface area contributed by atoms with E-state index in [0.717, 1.165) is 12.1 Å². The molecule has 2 aliphatic rings. The average molecular weight is 402 g/mol. The number of alkyl carbamates (subject to hydrolysis) is 1. The van der Waals surface area contributed by atoms with E-state index in [1.807, 2.05) is 45.0 Å². The van der Waals surface area contributed by atoms with Gasteiger partial charge in [0.05, 0.1) is 0 Å². The second kappa shape index (κ2) is 9.61. The summed E-state index contributed by atoms with van der Waals surface area (Å²) in [5.41, 5.74) is 1.07. The van der Waals surface area contributed by atoms with E-state index in [0.29, 0.717) is 24.1 Å². The van der Waals surface area contributed by atoms with Crippen LogP contribution in [0.3, 0.4) is 0 Å². The van der Waals surface area contributed by atoms with E-state index >= 15 is 0 Å². The van der Waals surface area contributed by atoms with Gasteiger partial charge in [0.15, 0.2) is 0 Å². The summed E-state index contributed by atoms with van der Waals surface area (Å²) < 4.78 is 5.23. The van der Waals surface area contributed by atoms with Gasteiger partial charge in [-0.25, -0.2) is 4.79 Å². The predicted octanol–water partition coefficient (Wildman–Crippen LogP) is 3.71. The molecule has 29 heavy (non-hydrogen) atoms. The minimum absolute atomic E-state index is 0.0235. The van der Waals surface area contributed by atoms with Gasteiger partial charge in [0, 0.05) is 24.7 Å². The summed E-state index contributed by atoms with van der Waals surface area (Å²) in [5.74, 6) is 0.537. The van der Waals surface area contributed by atoms with Crippen molar-refractivity contribution in [2.75, 3.05) is 19.6 Å². The van der Waals surface area contributed by atoms with Crippen LogP contribution in [-0.2, 0) is 11.3 Å². The Labute approximate surface area is 174 Å². The zero-order valence-corrected chi connectivity index (χ0v) is 18.0. The molecule has 0 saturated carbocycles. The van der Waals surface area contributed by atoms with Gasteiger partial charge in [0.25, 0.3) is 5.91 Å². The van der Waals surface area contributed by atoms with Gasteiger partial charge in [-0.2, -0.15) is 0 Å². The highest BCUT2D eigenvalue weighted by Gasteiger charge is 2.32. The maximum Gasteiger partial charge on any atom is 0.407 e. The summed E-state index contributed by atoms with van der Waals surface area (Å²) in [6, 6.07) is 8.01. The summed E-state index contributed by atoms with van der Waals surface area (Å²) in [5, 5.41) is 5.87. The lowest BCUT2D eigenvalue weighted by Gasteiger charge is -2.44. The highest BCUT2D eigenvalue weighted by Crippen LogP contribution is 2.30. The van der Waals surface area contributed by atoms with Gasteiger partial charge < -0.3 is 20.3 Å². The van der Waals surface area contributed by atoms with Crippen LogP contribution in [-0.4, -0.2) is 48.2 Å². The molecule has 3 rings (SSSR count). The van der Waals surface area contributed by atoms with Crippen molar-refractivity contribution >= 4 is 12.0 Å². The van der Waals surface area contributed by atoms with E-state index in [1.165, 1.54) is 45.2 Å². The largest absolute Gasteiger partial charge is 0.444 e. The molecule has 160 valence electrons. The molecule has 0 spiro atoms. The highest BCUT2D eigenvalue weighted by molar-refractivity contribution is 5.94. The summed E-state index contributed by atoms with van der Waals surface area (Å²) in [4.78, 5) is 26.9. The fourth-order valence-electron chi connectivity index (χ4n) is 4.40. The molecular formula is C23H35N3O3. The van der Waals surface area contributed by atoms with Crippen molar-refractivity contribution in [1.82, 2.24) is 15.5 Å². The monoisotopic (exact) mass is 401 g/mol. The molecule has 2 aliphatic heterocycles. The molecule has 0 radical (unpaired) electrons. The van der Waals surface area contributed by atoms with Gasteiger partial charge in [0.2, 0.25) is 0 Å². The molecule has 1 aromatic carbocycles. The Hall–Kier alpha value is -2.08. The fourth-order valence-corrected chi connectivity index (χ4v) is 4.40. The third kappa shape index (κ3) is 6.46. The molecule has 2 amide bonds. The normalized spacial score (nSPS) is 22.4. The van der Waals surface area contributed by atoms with Crippen LogP contribution in [0.2, 0.25) is 0 Å². The van der Waals surface area contributed by atoms with Crippen LogP contribution in [0, 0.1) is 5.92 Å². The second-order valence-corrected chi connectivity index (χ2v) is 9.26. The van der Waals surface area contributed by atoms with E-state index in [4.69, 9.17) is 4.74 Å². The van der Waals surface area contributed by atoms with E-state index < -0.39 is 11.7 Å². The van der Waals surface area contributed by atoms with Gasteiger partial charge in [-0.3, -0.25) is 4.79 Å². The van der Waals surface area contributed by atoms with Crippen LogP contribution in [0.5, 0.6) is 0 Å². The van der Waals surface area contributed by atoms with Crippen LogP contribution >= 0.6 is 0 Å². The Balaban J connectivity index is 1.46. The second-order valence-electron chi connectivity index (χ2n) is 9.26. The summed E-state index contributed by atoms with van der Waals surface area (Å²) in [6.07, 6.45) is 5.88. The minimum atomic E-state index is -0.515. The molecule has 2 N–H and O–H groups in total. The van der Waals surface area contributed by atoms with Crippen LogP contribution in [0.1, 0.15) is 68.8 Å². The Morgan fingerprint density at radius 2 is 1.76 bits per heavy atom. The number of nitrogens with zero attached hydrogens (tertiary/aromatic N) is 1. The van der Waals surface area contributed by atoms with E-state index in [2.05, 4.69) is 15.5 Å². The Morgan fingerprint density at radius 3 is 2.48 bits per heavy atom. The SMILES string of the molecule is CC(C)(C)OC(=O)NCc1ccc(C(=O)NCC2CCCN3CCCCC23)cc1. The predicted molar refractivity (Wildman–Crippen MR) is 114 cm³/mol. The van der Waals surface area contributed by atoms with Crippen molar-refractivity contribution in [1.29, 1.82) is 0 Å². The Morgan fingerprint density at radius 1 is 1.03 bits per heavy atom. The van der Waals surface area contributed by atoms with Crippen LogP contribution in [0.25, 0.3) is 0 Å². The molecule has 2 saturated heterocycles.